The van der Waals surface area contributed by atoms with Crippen LogP contribution in [-0.4, -0.2) is 25.7 Å². The van der Waals surface area contributed by atoms with Crippen LogP contribution in [0.15, 0.2) is 42.5 Å². The third-order valence-corrected chi connectivity index (χ3v) is 4.37. The summed E-state index contributed by atoms with van der Waals surface area (Å²) in [6.07, 6.45) is 0.912. The smallest absolute Gasteiger partial charge is 0.221 e. The van der Waals surface area contributed by atoms with Crippen LogP contribution < -0.4 is 20.1 Å². The number of fused-ring (bicyclic) bond motifs is 1. The standard InChI is InChI=1S/C20H24N2O3/c1-13(15-5-4-6-17(9-15)22-14(2)23)21-18-10-16-7-8-19(24-3)11-20(16)25-12-18/h4-9,11,13,18,21H,10,12H2,1-3H3,(H,22,23)/t13-,18+/m1/s1. The van der Waals surface area contributed by atoms with E-state index in [-0.39, 0.29) is 18.0 Å². The van der Waals surface area contributed by atoms with Crippen LogP contribution in [0.4, 0.5) is 5.69 Å². The molecule has 0 saturated carbocycles. The molecule has 0 aliphatic carbocycles. The second-order valence-corrected chi connectivity index (χ2v) is 6.38. The topological polar surface area (TPSA) is 59.6 Å². The first kappa shape index (κ1) is 17.3. The van der Waals surface area contributed by atoms with Gasteiger partial charge in [0.1, 0.15) is 18.1 Å². The summed E-state index contributed by atoms with van der Waals surface area (Å²) in [6.45, 7) is 4.26. The molecule has 0 fully saturated rings. The average Bonchev–Trinajstić information content (AvgIpc) is 2.61. The number of nitrogens with one attached hydrogen (secondary N) is 2. The zero-order valence-corrected chi connectivity index (χ0v) is 14.8. The van der Waals surface area contributed by atoms with Gasteiger partial charge in [-0.3, -0.25) is 4.79 Å². The zero-order valence-electron chi connectivity index (χ0n) is 14.8. The number of anilines is 1. The second-order valence-electron chi connectivity index (χ2n) is 6.38. The SMILES string of the molecule is COc1ccc2c(c1)OC[C@@H](N[C@H](C)c1cccc(NC(C)=O)c1)C2. The van der Waals surface area contributed by atoms with Crippen molar-refractivity contribution in [1.82, 2.24) is 5.32 Å². The highest BCUT2D eigenvalue weighted by Gasteiger charge is 2.22. The van der Waals surface area contributed by atoms with Crippen molar-refractivity contribution in [2.24, 2.45) is 0 Å². The van der Waals surface area contributed by atoms with Crippen LogP contribution in [0.1, 0.15) is 31.0 Å². The number of carbonyl (C=O) groups excluding carboxylic acids is 1. The molecule has 2 aromatic rings. The third kappa shape index (κ3) is 4.31. The van der Waals surface area contributed by atoms with Crippen molar-refractivity contribution in [1.29, 1.82) is 0 Å². The largest absolute Gasteiger partial charge is 0.497 e. The van der Waals surface area contributed by atoms with Crippen LogP contribution in [0, 0.1) is 0 Å². The minimum Gasteiger partial charge on any atom is -0.497 e. The van der Waals surface area contributed by atoms with Gasteiger partial charge in [-0.25, -0.2) is 0 Å². The molecule has 5 heteroatoms. The second kappa shape index (κ2) is 7.57. The molecular weight excluding hydrogens is 316 g/mol. The highest BCUT2D eigenvalue weighted by atomic mass is 16.5. The van der Waals surface area contributed by atoms with Crippen molar-refractivity contribution in [2.75, 3.05) is 19.0 Å². The van der Waals surface area contributed by atoms with Gasteiger partial charge in [0.05, 0.1) is 7.11 Å². The molecule has 1 aliphatic heterocycles. The minimum absolute atomic E-state index is 0.0644. The lowest BCUT2D eigenvalue weighted by Gasteiger charge is -2.29. The number of hydrogen-bond acceptors (Lipinski definition) is 4. The molecule has 5 nitrogen and oxygen atoms in total. The number of benzene rings is 2. The van der Waals surface area contributed by atoms with E-state index >= 15 is 0 Å². The van der Waals surface area contributed by atoms with E-state index in [1.165, 1.54) is 12.5 Å². The highest BCUT2D eigenvalue weighted by molar-refractivity contribution is 5.88. The first-order valence-corrected chi connectivity index (χ1v) is 8.48. The lowest BCUT2D eigenvalue weighted by Crippen LogP contribution is -2.40. The van der Waals surface area contributed by atoms with E-state index in [0.29, 0.717) is 6.61 Å². The van der Waals surface area contributed by atoms with Crippen molar-refractivity contribution in [2.45, 2.75) is 32.4 Å². The van der Waals surface area contributed by atoms with Gasteiger partial charge in [0.15, 0.2) is 0 Å². The lowest BCUT2D eigenvalue weighted by molar-refractivity contribution is -0.114. The van der Waals surface area contributed by atoms with Gasteiger partial charge < -0.3 is 20.1 Å². The van der Waals surface area contributed by atoms with E-state index in [4.69, 9.17) is 9.47 Å². The number of hydrogen-bond donors (Lipinski definition) is 2. The Morgan fingerprint density at radius 3 is 2.88 bits per heavy atom. The van der Waals surface area contributed by atoms with E-state index in [1.807, 2.05) is 30.3 Å². The van der Waals surface area contributed by atoms with Crippen molar-refractivity contribution in [3.8, 4) is 11.5 Å². The Morgan fingerprint density at radius 2 is 2.12 bits per heavy atom. The Labute approximate surface area is 148 Å². The average molecular weight is 340 g/mol. The number of rotatable bonds is 5. The van der Waals surface area contributed by atoms with Crippen molar-refractivity contribution >= 4 is 11.6 Å². The van der Waals surface area contributed by atoms with E-state index in [2.05, 4.69) is 29.7 Å². The van der Waals surface area contributed by atoms with Crippen molar-refractivity contribution in [3.63, 3.8) is 0 Å². The first-order valence-electron chi connectivity index (χ1n) is 8.48. The monoisotopic (exact) mass is 340 g/mol. The van der Waals surface area contributed by atoms with Gasteiger partial charge in [-0.1, -0.05) is 18.2 Å². The van der Waals surface area contributed by atoms with Crippen LogP contribution in [0.25, 0.3) is 0 Å². The predicted molar refractivity (Wildman–Crippen MR) is 98.3 cm³/mol. The fraction of sp³-hybridized carbons (Fsp3) is 0.350. The fourth-order valence-corrected chi connectivity index (χ4v) is 3.13. The number of methoxy groups -OCH3 is 1. The molecular formula is C20H24N2O3. The number of amides is 1. The maximum absolute atomic E-state index is 11.2. The summed E-state index contributed by atoms with van der Waals surface area (Å²) in [4.78, 5) is 11.2. The molecule has 0 spiro atoms. The first-order chi connectivity index (χ1) is 12.0. The Hall–Kier alpha value is -2.53. The lowest BCUT2D eigenvalue weighted by atomic mass is 10.00. The summed E-state index contributed by atoms with van der Waals surface area (Å²) >= 11 is 0. The number of carbonyl (C=O) groups is 1. The zero-order chi connectivity index (χ0) is 17.8. The van der Waals surface area contributed by atoms with Crippen molar-refractivity contribution < 1.29 is 14.3 Å². The van der Waals surface area contributed by atoms with Gasteiger partial charge in [-0.15, -0.1) is 0 Å². The van der Waals surface area contributed by atoms with E-state index in [9.17, 15) is 4.79 Å². The van der Waals surface area contributed by atoms with Gasteiger partial charge in [0.25, 0.3) is 0 Å². The molecule has 2 aromatic carbocycles. The summed E-state index contributed by atoms with van der Waals surface area (Å²) in [5, 5.41) is 6.44. The Balaban J connectivity index is 1.65. The maximum atomic E-state index is 11.2. The Morgan fingerprint density at radius 1 is 1.28 bits per heavy atom. The molecule has 0 aromatic heterocycles. The van der Waals surface area contributed by atoms with Crippen LogP contribution in [-0.2, 0) is 11.2 Å². The molecule has 0 bridgehead atoms. The van der Waals surface area contributed by atoms with Crippen molar-refractivity contribution in [3.05, 3.63) is 53.6 Å². The van der Waals surface area contributed by atoms with Gasteiger partial charge in [-0.05, 0) is 42.7 Å². The third-order valence-electron chi connectivity index (χ3n) is 4.37. The van der Waals surface area contributed by atoms with E-state index in [1.54, 1.807) is 7.11 Å². The molecule has 0 radical (unpaired) electrons. The summed E-state index contributed by atoms with van der Waals surface area (Å²) < 4.78 is 11.1. The van der Waals surface area contributed by atoms with E-state index < -0.39 is 0 Å². The van der Waals surface area contributed by atoms with Gasteiger partial charge in [0.2, 0.25) is 5.91 Å². The summed E-state index contributed by atoms with van der Waals surface area (Å²) in [6, 6.07) is 14.3. The molecule has 0 saturated heterocycles. The molecule has 25 heavy (non-hydrogen) atoms. The highest BCUT2D eigenvalue weighted by Crippen LogP contribution is 2.30. The van der Waals surface area contributed by atoms with Gasteiger partial charge in [-0.2, -0.15) is 0 Å². The Kier molecular flexibility index (Phi) is 5.24. The number of ether oxygens (including phenoxy) is 2. The fourth-order valence-electron chi connectivity index (χ4n) is 3.13. The molecule has 2 atom stereocenters. The van der Waals surface area contributed by atoms with Crippen LogP contribution in [0.5, 0.6) is 11.5 Å². The normalized spacial score (nSPS) is 17.2. The maximum Gasteiger partial charge on any atom is 0.221 e. The molecule has 1 aliphatic rings. The summed E-state index contributed by atoms with van der Waals surface area (Å²) in [5.74, 6) is 1.65. The molecule has 0 unspecified atom stereocenters. The molecule has 1 amide bonds. The molecule has 1 heterocycles. The van der Waals surface area contributed by atoms with E-state index in [0.717, 1.165) is 29.2 Å². The van der Waals surface area contributed by atoms with Gasteiger partial charge >= 0.3 is 0 Å². The summed E-state index contributed by atoms with van der Waals surface area (Å²) in [7, 11) is 1.66. The summed E-state index contributed by atoms with van der Waals surface area (Å²) in [5.41, 5.74) is 3.13. The molecule has 3 rings (SSSR count). The molecule has 2 N–H and O–H groups in total. The van der Waals surface area contributed by atoms with Crippen LogP contribution in [0.2, 0.25) is 0 Å². The van der Waals surface area contributed by atoms with Gasteiger partial charge in [0, 0.05) is 30.8 Å². The van der Waals surface area contributed by atoms with Crippen LogP contribution >= 0.6 is 0 Å². The Bertz CT molecular complexity index is 760. The molecule has 132 valence electrons. The quantitative estimate of drug-likeness (QED) is 0.877. The van der Waals surface area contributed by atoms with Crippen LogP contribution in [0.3, 0.4) is 0 Å². The minimum atomic E-state index is -0.0644. The predicted octanol–water partition coefficient (Wildman–Crippen LogP) is 3.31.